The van der Waals surface area contributed by atoms with Crippen LogP contribution >= 0.6 is 11.6 Å². The number of anilines is 3. The lowest BCUT2D eigenvalue weighted by Crippen LogP contribution is -2.23. The van der Waals surface area contributed by atoms with Crippen molar-refractivity contribution >= 4 is 45.8 Å². The van der Waals surface area contributed by atoms with Crippen molar-refractivity contribution in [3.05, 3.63) is 77.2 Å². The van der Waals surface area contributed by atoms with Crippen molar-refractivity contribution in [1.82, 2.24) is 20.2 Å². The number of carbonyl (C=O) groups excluding carboxylic acids is 1. The Labute approximate surface area is 227 Å². The largest absolute Gasteiger partial charge is 0.484 e. The highest BCUT2D eigenvalue weighted by Gasteiger charge is 2.31. The summed E-state index contributed by atoms with van der Waals surface area (Å²) in [4.78, 5) is 20.4. The molecule has 0 spiro atoms. The van der Waals surface area contributed by atoms with Crippen molar-refractivity contribution in [2.75, 3.05) is 15.8 Å². The summed E-state index contributed by atoms with van der Waals surface area (Å²) < 4.78 is 59.0. The van der Waals surface area contributed by atoms with Gasteiger partial charge in [0.05, 0.1) is 17.6 Å². The molecule has 0 saturated heterocycles. The molecular weight excluding hydrogens is 559 g/mol. The van der Waals surface area contributed by atoms with Gasteiger partial charge in [0.25, 0.3) is 5.91 Å². The number of aromatic nitrogens is 4. The van der Waals surface area contributed by atoms with E-state index in [1.807, 2.05) is 0 Å². The van der Waals surface area contributed by atoms with Crippen molar-refractivity contribution in [3.8, 4) is 17.0 Å². The molecule has 0 aliphatic rings. The number of halogens is 4. The van der Waals surface area contributed by atoms with Crippen LogP contribution in [0.15, 0.2) is 61.1 Å². The zero-order chi connectivity index (χ0) is 28.2. The average Bonchev–Trinajstić information content (AvgIpc) is 3.28. The monoisotopic (exact) mass is 579 g/mol. The molecule has 5 N–H and O–H groups in total. The number of nitrogens with zero attached hydrogens (tertiary/aromatic N) is 3. The molecule has 0 aliphatic carbocycles. The quantitative estimate of drug-likeness (QED) is 0.203. The van der Waals surface area contributed by atoms with Gasteiger partial charge in [-0.05, 0) is 36.8 Å². The summed E-state index contributed by atoms with van der Waals surface area (Å²) in [5.74, 6) is -1.91. The predicted molar refractivity (Wildman–Crippen MR) is 141 cm³/mol. The predicted octanol–water partition coefficient (Wildman–Crippen LogP) is 5.14. The first-order valence-corrected chi connectivity index (χ1v) is 12.9. The van der Waals surface area contributed by atoms with Crippen LogP contribution in [0.3, 0.4) is 0 Å². The lowest BCUT2D eigenvalue weighted by molar-refractivity contribution is -0.105. The van der Waals surface area contributed by atoms with Crippen LogP contribution in [0.2, 0.25) is 5.02 Å². The number of hydrogen-bond acceptors (Lipinski definition) is 7. The standard InChI is InChI=1S/C24H21ClF3N7O3S/c1-13(14-2-5-16(25)6-3-14)38-18-10-15(4-7-17(18)35-39(37)12-24(26,27)28)21-20(22(29)36)23(34-33-21)32-19-11-30-8-9-31-19/h2-11,13,35H,12H2,1H3,(H2,29,36)(H2,31,32,33,34). The molecule has 0 fully saturated rings. The van der Waals surface area contributed by atoms with Crippen LogP contribution in [-0.2, 0) is 11.0 Å². The minimum Gasteiger partial charge on any atom is -0.484 e. The third-order valence-corrected chi connectivity index (χ3v) is 6.54. The fourth-order valence-electron chi connectivity index (χ4n) is 3.53. The molecule has 39 heavy (non-hydrogen) atoms. The molecule has 2 unspecified atom stereocenters. The third kappa shape index (κ3) is 7.23. The zero-order valence-electron chi connectivity index (χ0n) is 20.1. The molecular formula is C24H21ClF3N7O3S. The summed E-state index contributed by atoms with van der Waals surface area (Å²) >= 11 is 5.96. The van der Waals surface area contributed by atoms with E-state index in [1.54, 1.807) is 31.2 Å². The van der Waals surface area contributed by atoms with Gasteiger partial charge in [0, 0.05) is 23.0 Å². The van der Waals surface area contributed by atoms with Gasteiger partial charge in [-0.15, -0.1) is 0 Å². The summed E-state index contributed by atoms with van der Waals surface area (Å²) in [5, 5.41) is 10.2. The maximum absolute atomic E-state index is 12.8. The molecule has 0 aliphatic heterocycles. The first-order valence-electron chi connectivity index (χ1n) is 11.2. The maximum atomic E-state index is 12.8. The summed E-state index contributed by atoms with van der Waals surface area (Å²) in [5.41, 5.74) is 6.98. The van der Waals surface area contributed by atoms with Crippen LogP contribution in [0.5, 0.6) is 5.75 Å². The fourth-order valence-corrected chi connectivity index (χ4v) is 4.43. The second-order valence-corrected chi connectivity index (χ2v) is 9.75. The molecule has 2 heterocycles. The van der Waals surface area contributed by atoms with E-state index in [1.165, 1.54) is 36.8 Å². The van der Waals surface area contributed by atoms with Gasteiger partial charge in [-0.2, -0.15) is 18.3 Å². The van der Waals surface area contributed by atoms with Crippen molar-refractivity contribution in [3.63, 3.8) is 0 Å². The molecule has 4 aromatic rings. The SMILES string of the molecule is CC(Oc1cc(-c2[nH]nc(Nc3cnccn3)c2C(N)=O)ccc1NS(=O)CC(F)(F)F)c1ccc(Cl)cc1. The molecule has 0 radical (unpaired) electrons. The van der Waals surface area contributed by atoms with Gasteiger partial charge < -0.3 is 20.5 Å². The van der Waals surface area contributed by atoms with Gasteiger partial charge in [-0.1, -0.05) is 29.8 Å². The Morgan fingerprint density at radius 3 is 2.59 bits per heavy atom. The number of nitrogens with one attached hydrogen (secondary N) is 3. The number of carbonyl (C=O) groups is 1. The maximum Gasteiger partial charge on any atom is 0.402 e. The molecule has 0 bridgehead atoms. The number of H-pyrrole nitrogens is 1. The van der Waals surface area contributed by atoms with Gasteiger partial charge in [-0.25, -0.2) is 9.19 Å². The van der Waals surface area contributed by atoms with Crippen LogP contribution in [0, 0.1) is 0 Å². The molecule has 2 atom stereocenters. The Kier molecular flexibility index (Phi) is 8.35. The first kappa shape index (κ1) is 27.9. The normalized spacial score (nSPS) is 12.9. The van der Waals surface area contributed by atoms with Crippen LogP contribution in [0.1, 0.15) is 28.9 Å². The first-order chi connectivity index (χ1) is 18.5. The Morgan fingerprint density at radius 1 is 1.21 bits per heavy atom. The van der Waals surface area contributed by atoms with Crippen molar-refractivity contribution < 1.29 is 26.9 Å². The Bertz CT molecular complexity index is 1480. The van der Waals surface area contributed by atoms with Crippen molar-refractivity contribution in [1.29, 1.82) is 0 Å². The van der Waals surface area contributed by atoms with E-state index in [0.29, 0.717) is 16.4 Å². The number of ether oxygens (including phenoxy) is 1. The minimum atomic E-state index is -4.64. The lowest BCUT2D eigenvalue weighted by atomic mass is 10.1. The van der Waals surface area contributed by atoms with Crippen LogP contribution in [0.25, 0.3) is 11.3 Å². The van der Waals surface area contributed by atoms with E-state index in [4.69, 9.17) is 22.1 Å². The highest BCUT2D eigenvalue weighted by atomic mass is 35.5. The highest BCUT2D eigenvalue weighted by molar-refractivity contribution is 7.86. The molecule has 204 valence electrons. The Balaban J connectivity index is 1.71. The third-order valence-electron chi connectivity index (χ3n) is 5.25. The van der Waals surface area contributed by atoms with Gasteiger partial charge >= 0.3 is 6.18 Å². The minimum absolute atomic E-state index is 0.00119. The summed E-state index contributed by atoms with van der Waals surface area (Å²) in [7, 11) is -2.48. The molecule has 2 aromatic heterocycles. The van der Waals surface area contributed by atoms with Gasteiger partial charge in [0.1, 0.15) is 40.0 Å². The van der Waals surface area contributed by atoms with Crippen LogP contribution < -0.4 is 20.5 Å². The smallest absolute Gasteiger partial charge is 0.402 e. The number of rotatable bonds is 10. The number of amides is 1. The number of aromatic amines is 1. The molecule has 10 nitrogen and oxygen atoms in total. The molecule has 4 rings (SSSR count). The number of hydrogen-bond donors (Lipinski definition) is 4. The van der Waals surface area contributed by atoms with Crippen LogP contribution in [-0.4, -0.2) is 42.2 Å². The topological polar surface area (TPSA) is 148 Å². The molecule has 15 heteroatoms. The van der Waals surface area contributed by atoms with Crippen molar-refractivity contribution in [2.24, 2.45) is 5.73 Å². The zero-order valence-corrected chi connectivity index (χ0v) is 21.7. The second-order valence-electron chi connectivity index (χ2n) is 8.13. The van der Waals surface area contributed by atoms with E-state index in [-0.39, 0.29) is 28.5 Å². The highest BCUT2D eigenvalue weighted by Crippen LogP contribution is 2.36. The molecule has 1 amide bonds. The van der Waals surface area contributed by atoms with Gasteiger partial charge in [0.2, 0.25) is 0 Å². The van der Waals surface area contributed by atoms with E-state index >= 15 is 0 Å². The van der Waals surface area contributed by atoms with Gasteiger partial charge in [0.15, 0.2) is 5.82 Å². The fraction of sp³-hybridized carbons (Fsp3) is 0.167. The number of primary amides is 1. The van der Waals surface area contributed by atoms with E-state index in [9.17, 15) is 22.2 Å². The van der Waals surface area contributed by atoms with Crippen LogP contribution in [0.4, 0.5) is 30.5 Å². The lowest BCUT2D eigenvalue weighted by Gasteiger charge is -2.19. The molecule has 0 saturated carbocycles. The van der Waals surface area contributed by atoms with E-state index in [2.05, 4.69) is 30.2 Å². The number of alkyl halides is 3. The Hall–Kier alpha value is -4.17. The van der Waals surface area contributed by atoms with Crippen molar-refractivity contribution in [2.45, 2.75) is 19.2 Å². The Morgan fingerprint density at radius 2 is 1.95 bits per heavy atom. The van der Waals surface area contributed by atoms with E-state index in [0.717, 1.165) is 5.56 Å². The van der Waals surface area contributed by atoms with Gasteiger partial charge in [-0.3, -0.25) is 14.9 Å². The summed E-state index contributed by atoms with van der Waals surface area (Å²) in [6.45, 7) is 1.72. The second kappa shape index (κ2) is 11.7. The van der Waals surface area contributed by atoms with E-state index < -0.39 is 34.9 Å². The number of benzene rings is 2. The molecule has 2 aromatic carbocycles. The summed E-state index contributed by atoms with van der Waals surface area (Å²) in [6, 6.07) is 11.1. The summed E-state index contributed by atoms with van der Waals surface area (Å²) in [6.07, 6.45) is -0.890. The average molecular weight is 580 g/mol. The number of nitrogens with two attached hydrogens (primary N) is 1.